The average molecular weight is 565 g/mol. The quantitative estimate of drug-likeness (QED) is 0.344. The van der Waals surface area contributed by atoms with Crippen LogP contribution in [-0.4, -0.2) is 80.2 Å². The van der Waals surface area contributed by atoms with Crippen LogP contribution >= 0.6 is 0 Å². The van der Waals surface area contributed by atoms with Crippen LogP contribution < -0.4 is 10.6 Å². The Hall–Kier alpha value is -4.60. The molecule has 214 valence electrons. The van der Waals surface area contributed by atoms with Crippen molar-refractivity contribution in [2.45, 2.75) is 62.7 Å². The monoisotopic (exact) mass is 564 g/mol. The van der Waals surface area contributed by atoms with Crippen LogP contribution in [-0.2, 0) is 32.0 Å². The second-order valence-corrected chi connectivity index (χ2v) is 12.0. The number of rotatable bonds is 5. The van der Waals surface area contributed by atoms with Crippen molar-refractivity contribution >= 4 is 45.4 Å². The summed E-state index contributed by atoms with van der Waals surface area (Å²) in [7, 11) is 0. The van der Waals surface area contributed by atoms with Crippen molar-refractivity contribution in [2.75, 3.05) is 13.1 Å². The molecular formula is C32H32N6O4. The molecule has 4 atom stereocenters. The molecule has 2 aromatic heterocycles. The summed E-state index contributed by atoms with van der Waals surface area (Å²) in [6.45, 7) is 1.28. The number of aromatic nitrogens is 2. The number of aromatic amines is 1. The van der Waals surface area contributed by atoms with Gasteiger partial charge >= 0.3 is 0 Å². The molecule has 0 bridgehead atoms. The van der Waals surface area contributed by atoms with Crippen LogP contribution in [0.25, 0.3) is 27.5 Å². The van der Waals surface area contributed by atoms with Gasteiger partial charge in [0.25, 0.3) is 0 Å². The third-order valence-electron chi connectivity index (χ3n) is 9.58. The maximum absolute atomic E-state index is 13.2. The Morgan fingerprint density at radius 3 is 2.07 bits per heavy atom. The van der Waals surface area contributed by atoms with E-state index in [4.69, 9.17) is 0 Å². The fourth-order valence-electron chi connectivity index (χ4n) is 7.49. The predicted molar refractivity (Wildman–Crippen MR) is 156 cm³/mol. The molecule has 42 heavy (non-hydrogen) atoms. The highest BCUT2D eigenvalue weighted by Gasteiger charge is 2.44. The number of para-hydroxylation sites is 1. The van der Waals surface area contributed by atoms with Crippen LogP contribution in [0.1, 0.15) is 36.8 Å². The number of H-pyrrole nitrogens is 1. The number of amides is 4. The number of carbonyl (C=O) groups excluding carboxylic acids is 4. The second-order valence-electron chi connectivity index (χ2n) is 12.0. The zero-order valence-electron chi connectivity index (χ0n) is 23.1. The SMILES string of the molecule is O=C1NC(Cc2c[nH]c3ccc(-n4cc(CC5NC(=O)C6CCCN6C5=O)c5ccccc54)cc23)C(=O)N2CCCC12. The first kappa shape index (κ1) is 25.1. The summed E-state index contributed by atoms with van der Waals surface area (Å²) in [5.41, 5.74) is 4.87. The Labute approximate surface area is 242 Å². The van der Waals surface area contributed by atoms with Gasteiger partial charge in [0.2, 0.25) is 23.6 Å². The first-order valence-electron chi connectivity index (χ1n) is 14.9. The minimum absolute atomic E-state index is 0.00285. The van der Waals surface area contributed by atoms with Crippen molar-refractivity contribution in [3.05, 3.63) is 66.0 Å². The molecule has 3 N–H and O–H groups in total. The van der Waals surface area contributed by atoms with Gasteiger partial charge in [0.15, 0.2) is 0 Å². The first-order chi connectivity index (χ1) is 20.5. The highest BCUT2D eigenvalue weighted by Crippen LogP contribution is 2.31. The zero-order chi connectivity index (χ0) is 28.5. The van der Waals surface area contributed by atoms with E-state index < -0.39 is 12.1 Å². The summed E-state index contributed by atoms with van der Waals surface area (Å²) < 4.78 is 2.12. The van der Waals surface area contributed by atoms with Gasteiger partial charge in [-0.2, -0.15) is 0 Å². The maximum atomic E-state index is 13.2. The van der Waals surface area contributed by atoms with Gasteiger partial charge < -0.3 is 30.0 Å². The Morgan fingerprint density at radius 1 is 0.738 bits per heavy atom. The molecule has 4 saturated heterocycles. The molecule has 10 nitrogen and oxygen atoms in total. The van der Waals surface area contributed by atoms with Crippen LogP contribution in [0.2, 0.25) is 0 Å². The lowest BCUT2D eigenvalue weighted by molar-refractivity contribution is -0.146. The summed E-state index contributed by atoms with van der Waals surface area (Å²) in [6, 6.07) is 12.5. The first-order valence-corrected chi connectivity index (χ1v) is 14.9. The van der Waals surface area contributed by atoms with Crippen molar-refractivity contribution in [2.24, 2.45) is 0 Å². The fraction of sp³-hybridized carbons (Fsp3) is 0.375. The summed E-state index contributed by atoms with van der Waals surface area (Å²) in [5.74, 6) is -0.124. The summed E-state index contributed by atoms with van der Waals surface area (Å²) >= 11 is 0. The number of hydrogen-bond acceptors (Lipinski definition) is 4. The van der Waals surface area contributed by atoms with Gasteiger partial charge in [0.1, 0.15) is 24.2 Å². The van der Waals surface area contributed by atoms with Gasteiger partial charge in [-0.15, -0.1) is 0 Å². The lowest BCUT2D eigenvalue weighted by atomic mass is 10.00. The molecular weight excluding hydrogens is 532 g/mol. The Morgan fingerprint density at radius 2 is 1.38 bits per heavy atom. The lowest BCUT2D eigenvalue weighted by Gasteiger charge is -2.34. The normalized spacial score (nSPS) is 25.7. The van der Waals surface area contributed by atoms with Gasteiger partial charge in [-0.05, 0) is 61.1 Å². The number of hydrogen-bond donors (Lipinski definition) is 3. The molecule has 2 aromatic carbocycles. The van der Waals surface area contributed by atoms with Gasteiger partial charge in [-0.25, -0.2) is 0 Å². The smallest absolute Gasteiger partial charge is 0.246 e. The molecule has 6 heterocycles. The van der Waals surface area contributed by atoms with Crippen LogP contribution in [0.15, 0.2) is 54.9 Å². The molecule has 8 rings (SSSR count). The minimum Gasteiger partial charge on any atom is -0.361 e. The van der Waals surface area contributed by atoms with Gasteiger partial charge in [0, 0.05) is 60.3 Å². The van der Waals surface area contributed by atoms with Crippen molar-refractivity contribution in [1.82, 2.24) is 30.0 Å². The largest absolute Gasteiger partial charge is 0.361 e. The molecule has 0 spiro atoms. The molecule has 10 heteroatoms. The molecule has 4 aliphatic rings. The van der Waals surface area contributed by atoms with Gasteiger partial charge in [0.05, 0.1) is 5.52 Å². The van der Waals surface area contributed by atoms with Crippen LogP contribution in [0, 0.1) is 0 Å². The molecule has 4 aromatic rings. The van der Waals surface area contributed by atoms with E-state index in [1.807, 2.05) is 30.5 Å². The fourth-order valence-corrected chi connectivity index (χ4v) is 7.49. The van der Waals surface area contributed by atoms with E-state index in [2.05, 4.69) is 44.6 Å². The predicted octanol–water partition coefficient (Wildman–Crippen LogP) is 2.18. The molecule has 0 aliphatic carbocycles. The summed E-state index contributed by atoms with van der Waals surface area (Å²) in [6.07, 6.45) is 7.99. The molecule has 4 unspecified atom stereocenters. The van der Waals surface area contributed by atoms with E-state index in [1.165, 1.54) is 0 Å². The Bertz CT molecular complexity index is 1790. The third kappa shape index (κ3) is 3.84. The van der Waals surface area contributed by atoms with E-state index in [0.29, 0.717) is 25.9 Å². The Kier molecular flexibility index (Phi) is 5.67. The average Bonchev–Trinajstić information content (AvgIpc) is 3.80. The number of benzene rings is 2. The number of piperazine rings is 2. The number of nitrogens with one attached hydrogen (secondary N) is 3. The lowest BCUT2D eigenvalue weighted by Crippen LogP contribution is -2.61. The molecule has 0 saturated carbocycles. The number of fused-ring (bicyclic) bond motifs is 4. The van der Waals surface area contributed by atoms with E-state index in [-0.39, 0.29) is 35.7 Å². The standard InChI is InChI=1S/C32H32N6O4/c39-29-27-7-3-11-36(27)31(41)24(34-29)13-18-16-33-23-10-9-20(15-22(18)23)38-17-19(21-5-1-2-6-26(21)38)14-25-32(42)37-12-4-8-28(37)30(40)35-25/h1-2,5-6,9-10,15-17,24-25,27-28,33H,3-4,7-8,11-14H2,(H,34,39)(H,35,40). The highest BCUT2D eigenvalue weighted by molar-refractivity contribution is 5.99. The van der Waals surface area contributed by atoms with Crippen molar-refractivity contribution < 1.29 is 19.2 Å². The number of carbonyl (C=O) groups is 4. The van der Waals surface area contributed by atoms with E-state index in [9.17, 15) is 19.2 Å². The molecule has 4 aliphatic heterocycles. The zero-order valence-corrected chi connectivity index (χ0v) is 23.1. The van der Waals surface area contributed by atoms with E-state index in [0.717, 1.165) is 64.3 Å². The molecule has 0 radical (unpaired) electrons. The summed E-state index contributed by atoms with van der Waals surface area (Å²) in [4.78, 5) is 58.6. The van der Waals surface area contributed by atoms with Crippen LogP contribution in [0.4, 0.5) is 0 Å². The Balaban J connectivity index is 1.12. The van der Waals surface area contributed by atoms with Crippen molar-refractivity contribution in [3.8, 4) is 5.69 Å². The maximum Gasteiger partial charge on any atom is 0.246 e. The van der Waals surface area contributed by atoms with Gasteiger partial charge in [-0.3, -0.25) is 19.2 Å². The van der Waals surface area contributed by atoms with E-state index in [1.54, 1.807) is 9.80 Å². The third-order valence-corrected chi connectivity index (χ3v) is 9.58. The van der Waals surface area contributed by atoms with Crippen LogP contribution in [0.5, 0.6) is 0 Å². The second kappa shape index (κ2) is 9.47. The summed E-state index contributed by atoms with van der Waals surface area (Å²) in [5, 5.41) is 7.97. The minimum atomic E-state index is -0.580. The van der Waals surface area contributed by atoms with Crippen molar-refractivity contribution in [1.29, 1.82) is 0 Å². The van der Waals surface area contributed by atoms with Crippen molar-refractivity contribution in [3.63, 3.8) is 0 Å². The van der Waals surface area contributed by atoms with Gasteiger partial charge in [-0.1, -0.05) is 18.2 Å². The topological polar surface area (TPSA) is 120 Å². The van der Waals surface area contributed by atoms with E-state index >= 15 is 0 Å². The number of nitrogens with zero attached hydrogens (tertiary/aromatic N) is 3. The highest BCUT2D eigenvalue weighted by atomic mass is 16.2. The molecule has 4 amide bonds. The van der Waals surface area contributed by atoms with Crippen LogP contribution in [0.3, 0.4) is 0 Å². The molecule has 4 fully saturated rings.